The minimum Gasteiger partial charge on any atom is -0.496 e. The van der Waals surface area contributed by atoms with Crippen molar-refractivity contribution in [2.45, 2.75) is 6.92 Å². The van der Waals surface area contributed by atoms with Crippen LogP contribution >= 0.6 is 0 Å². The molecule has 0 heterocycles. The fourth-order valence-corrected chi connectivity index (χ4v) is 2.30. The lowest BCUT2D eigenvalue weighted by atomic mass is 10.1. The van der Waals surface area contributed by atoms with Crippen LogP contribution < -0.4 is 19.5 Å². The number of nitrogens with one attached hydrogen (secondary N) is 1. The van der Waals surface area contributed by atoms with Gasteiger partial charge in [0.05, 0.1) is 21.3 Å². The van der Waals surface area contributed by atoms with Gasteiger partial charge in [-0.15, -0.1) is 0 Å². The van der Waals surface area contributed by atoms with Crippen molar-refractivity contribution in [1.29, 1.82) is 0 Å². The van der Waals surface area contributed by atoms with Gasteiger partial charge < -0.3 is 24.3 Å². The Hall–Kier alpha value is -3.22. The smallest absolute Gasteiger partial charge is 0.342 e. The number of hydrogen-bond acceptors (Lipinski definition) is 6. The molecule has 0 radical (unpaired) electrons. The van der Waals surface area contributed by atoms with Crippen LogP contribution in [0.4, 0.5) is 5.69 Å². The Labute approximate surface area is 151 Å². The summed E-state index contributed by atoms with van der Waals surface area (Å²) in [7, 11) is 4.35. The summed E-state index contributed by atoms with van der Waals surface area (Å²) in [6.45, 7) is 1.45. The molecule has 0 aliphatic heterocycles. The van der Waals surface area contributed by atoms with Crippen LogP contribution in [0.5, 0.6) is 17.2 Å². The second-order valence-electron chi connectivity index (χ2n) is 5.35. The third-order valence-electron chi connectivity index (χ3n) is 3.68. The molecule has 0 aliphatic rings. The summed E-state index contributed by atoms with van der Waals surface area (Å²) in [5.41, 5.74) is 1.71. The van der Waals surface area contributed by atoms with Crippen LogP contribution in [0, 0.1) is 6.92 Å². The van der Waals surface area contributed by atoms with Crippen molar-refractivity contribution >= 4 is 17.6 Å². The molecule has 0 bridgehead atoms. The quantitative estimate of drug-likeness (QED) is 0.766. The van der Waals surface area contributed by atoms with E-state index in [9.17, 15) is 9.59 Å². The van der Waals surface area contributed by atoms with Gasteiger partial charge in [0.2, 0.25) is 0 Å². The van der Waals surface area contributed by atoms with Gasteiger partial charge in [-0.3, -0.25) is 4.79 Å². The fourth-order valence-electron chi connectivity index (χ4n) is 2.30. The summed E-state index contributed by atoms with van der Waals surface area (Å²) in [5.74, 6) is -0.121. The van der Waals surface area contributed by atoms with E-state index in [0.717, 1.165) is 5.56 Å². The molecule has 0 aliphatic carbocycles. The molecular weight excluding hydrogens is 338 g/mol. The van der Waals surface area contributed by atoms with Crippen LogP contribution in [-0.2, 0) is 9.53 Å². The van der Waals surface area contributed by atoms with E-state index in [1.807, 2.05) is 25.1 Å². The van der Waals surface area contributed by atoms with Gasteiger partial charge in [-0.05, 0) is 18.6 Å². The molecule has 1 N–H and O–H groups in total. The van der Waals surface area contributed by atoms with Crippen LogP contribution in [0.1, 0.15) is 15.9 Å². The molecule has 0 fully saturated rings. The van der Waals surface area contributed by atoms with E-state index in [-0.39, 0.29) is 11.3 Å². The Kier molecular flexibility index (Phi) is 6.43. The standard InChI is InChI=1S/C19H21NO6/c1-12-7-5-6-8-14(12)20-18(21)11-26-19(22)13-9-16(24-3)17(25-4)10-15(13)23-2/h5-10H,11H2,1-4H3,(H,20,21). The number of carbonyl (C=O) groups excluding carboxylic acids is 2. The van der Waals surface area contributed by atoms with E-state index in [4.69, 9.17) is 18.9 Å². The number of aryl methyl sites for hydroxylation is 1. The van der Waals surface area contributed by atoms with Gasteiger partial charge in [0.1, 0.15) is 11.3 Å². The van der Waals surface area contributed by atoms with E-state index in [1.54, 1.807) is 6.07 Å². The Morgan fingerprint density at radius 2 is 1.54 bits per heavy atom. The molecule has 0 spiro atoms. The van der Waals surface area contributed by atoms with Crippen LogP contribution in [0.25, 0.3) is 0 Å². The lowest BCUT2D eigenvalue weighted by molar-refractivity contribution is -0.119. The summed E-state index contributed by atoms with van der Waals surface area (Å²) < 4.78 is 20.6. The van der Waals surface area contributed by atoms with Gasteiger partial charge in [0, 0.05) is 17.8 Å². The van der Waals surface area contributed by atoms with Crippen molar-refractivity contribution in [2.75, 3.05) is 33.3 Å². The van der Waals surface area contributed by atoms with Crippen molar-refractivity contribution < 1.29 is 28.5 Å². The molecule has 138 valence electrons. The zero-order chi connectivity index (χ0) is 19.1. The Morgan fingerprint density at radius 3 is 2.15 bits per heavy atom. The number of hydrogen-bond donors (Lipinski definition) is 1. The normalized spacial score (nSPS) is 10.0. The molecular formula is C19H21NO6. The molecule has 0 saturated heterocycles. The van der Waals surface area contributed by atoms with E-state index in [0.29, 0.717) is 17.2 Å². The highest BCUT2D eigenvalue weighted by Crippen LogP contribution is 2.34. The minimum absolute atomic E-state index is 0.133. The molecule has 7 heteroatoms. The van der Waals surface area contributed by atoms with Gasteiger partial charge in [0.25, 0.3) is 5.91 Å². The lowest BCUT2D eigenvalue weighted by Crippen LogP contribution is -2.21. The summed E-state index contributed by atoms with van der Waals surface area (Å²) in [6, 6.07) is 10.3. The van der Waals surface area contributed by atoms with Crippen molar-refractivity contribution in [3.63, 3.8) is 0 Å². The lowest BCUT2D eigenvalue weighted by Gasteiger charge is -2.13. The van der Waals surface area contributed by atoms with Crippen LogP contribution in [0.2, 0.25) is 0 Å². The Bertz CT molecular complexity index is 803. The SMILES string of the molecule is COc1cc(OC)c(C(=O)OCC(=O)Nc2ccccc2C)cc1OC. The molecule has 2 aromatic carbocycles. The van der Waals surface area contributed by atoms with Crippen molar-refractivity contribution in [3.8, 4) is 17.2 Å². The molecule has 1 amide bonds. The molecule has 0 saturated carbocycles. The second kappa shape index (κ2) is 8.75. The molecule has 0 atom stereocenters. The molecule has 7 nitrogen and oxygen atoms in total. The maximum atomic E-state index is 12.3. The number of anilines is 1. The monoisotopic (exact) mass is 359 g/mol. The molecule has 0 unspecified atom stereocenters. The molecule has 0 aromatic heterocycles. The van der Waals surface area contributed by atoms with Gasteiger partial charge in [-0.1, -0.05) is 18.2 Å². The van der Waals surface area contributed by atoms with Crippen molar-refractivity contribution in [1.82, 2.24) is 0 Å². The second-order valence-corrected chi connectivity index (χ2v) is 5.35. The predicted octanol–water partition coefficient (Wildman–Crippen LogP) is 2.82. The molecule has 2 aromatic rings. The highest BCUT2D eigenvalue weighted by Gasteiger charge is 2.20. The Balaban J connectivity index is 2.07. The summed E-state index contributed by atoms with van der Waals surface area (Å²) in [5, 5.41) is 2.69. The van der Waals surface area contributed by atoms with E-state index in [2.05, 4.69) is 5.32 Å². The molecule has 2 rings (SSSR count). The zero-order valence-electron chi connectivity index (χ0n) is 15.1. The van der Waals surface area contributed by atoms with E-state index >= 15 is 0 Å². The largest absolute Gasteiger partial charge is 0.496 e. The number of benzene rings is 2. The first-order valence-corrected chi connectivity index (χ1v) is 7.82. The van der Waals surface area contributed by atoms with E-state index < -0.39 is 18.5 Å². The average molecular weight is 359 g/mol. The average Bonchev–Trinajstić information content (AvgIpc) is 2.66. The van der Waals surface area contributed by atoms with Gasteiger partial charge in [0.15, 0.2) is 18.1 Å². The van der Waals surface area contributed by atoms with Crippen molar-refractivity contribution in [3.05, 3.63) is 47.5 Å². The maximum Gasteiger partial charge on any atom is 0.342 e. The number of ether oxygens (including phenoxy) is 4. The predicted molar refractivity (Wildman–Crippen MR) is 96.2 cm³/mol. The summed E-state index contributed by atoms with van der Waals surface area (Å²) in [4.78, 5) is 24.4. The summed E-state index contributed by atoms with van der Waals surface area (Å²) in [6.07, 6.45) is 0. The van der Waals surface area contributed by atoms with E-state index in [1.165, 1.54) is 33.5 Å². The van der Waals surface area contributed by atoms with Crippen LogP contribution in [0.3, 0.4) is 0 Å². The summed E-state index contributed by atoms with van der Waals surface area (Å²) >= 11 is 0. The highest BCUT2D eigenvalue weighted by atomic mass is 16.5. The first-order chi connectivity index (χ1) is 12.5. The first kappa shape index (κ1) is 19.1. The number of esters is 1. The maximum absolute atomic E-state index is 12.3. The molecule has 26 heavy (non-hydrogen) atoms. The Morgan fingerprint density at radius 1 is 0.923 bits per heavy atom. The third kappa shape index (κ3) is 4.44. The number of carbonyl (C=O) groups is 2. The zero-order valence-corrected chi connectivity index (χ0v) is 15.1. The topological polar surface area (TPSA) is 83.1 Å². The van der Waals surface area contributed by atoms with Gasteiger partial charge in [-0.2, -0.15) is 0 Å². The van der Waals surface area contributed by atoms with Crippen LogP contribution in [0.15, 0.2) is 36.4 Å². The van der Waals surface area contributed by atoms with Crippen LogP contribution in [-0.4, -0.2) is 39.8 Å². The number of rotatable bonds is 7. The number of amides is 1. The highest BCUT2D eigenvalue weighted by molar-refractivity contribution is 5.97. The van der Waals surface area contributed by atoms with Gasteiger partial charge in [-0.25, -0.2) is 4.79 Å². The van der Waals surface area contributed by atoms with Gasteiger partial charge >= 0.3 is 5.97 Å². The van der Waals surface area contributed by atoms with Crippen molar-refractivity contribution in [2.24, 2.45) is 0 Å². The fraction of sp³-hybridized carbons (Fsp3) is 0.263. The number of para-hydroxylation sites is 1. The minimum atomic E-state index is -0.706. The first-order valence-electron chi connectivity index (χ1n) is 7.82. The number of methoxy groups -OCH3 is 3. The third-order valence-corrected chi connectivity index (χ3v) is 3.68.